The highest BCUT2D eigenvalue weighted by molar-refractivity contribution is 5.96. The van der Waals surface area contributed by atoms with Crippen LogP contribution in [-0.2, 0) is 9.59 Å². The number of nitrogens with zero attached hydrogens (tertiary/aromatic N) is 1. The topological polar surface area (TPSA) is 114 Å². The average molecular weight is 400 g/mol. The number of halogens is 1. The van der Waals surface area contributed by atoms with E-state index in [-0.39, 0.29) is 18.7 Å². The highest BCUT2D eigenvalue weighted by atomic mass is 19.1. The molecule has 1 amide bonds. The Bertz CT molecular complexity index is 869. The highest BCUT2D eigenvalue weighted by Crippen LogP contribution is 2.29. The number of hydrogen-bond acceptors (Lipinski definition) is 6. The lowest BCUT2D eigenvalue weighted by atomic mass is 9.82. The number of alkyl halides is 1. The Kier molecular flexibility index (Phi) is 6.42. The zero-order valence-electron chi connectivity index (χ0n) is 16.5. The van der Waals surface area contributed by atoms with Gasteiger partial charge < -0.3 is 10.6 Å². The number of carbonyl (C=O) groups excluding carboxylic acids is 2. The lowest BCUT2D eigenvalue weighted by Crippen LogP contribution is -2.59. The molecule has 8 heteroatoms. The van der Waals surface area contributed by atoms with Crippen molar-refractivity contribution in [2.45, 2.75) is 44.9 Å². The van der Waals surface area contributed by atoms with Gasteiger partial charge in [-0.05, 0) is 49.0 Å². The zero-order valence-corrected chi connectivity index (χ0v) is 16.5. The number of carbonyl (C=O) groups is 2. The van der Waals surface area contributed by atoms with Gasteiger partial charge in [0, 0.05) is 13.1 Å². The summed E-state index contributed by atoms with van der Waals surface area (Å²) in [6, 6.07) is 4.69. The van der Waals surface area contributed by atoms with Crippen LogP contribution in [0.15, 0.2) is 18.2 Å². The molecule has 1 aromatic carbocycles. The first-order valence-corrected chi connectivity index (χ1v) is 9.65. The molecular formula is C21H25FN4O3. The molecule has 2 aliphatic heterocycles. The Morgan fingerprint density at radius 3 is 2.59 bits per heavy atom. The Hall–Kier alpha value is -2.60. The molecule has 154 valence electrons. The van der Waals surface area contributed by atoms with Crippen LogP contribution in [0.2, 0.25) is 0 Å². The van der Waals surface area contributed by atoms with Crippen molar-refractivity contribution in [3.8, 4) is 6.07 Å². The second kappa shape index (κ2) is 8.82. The van der Waals surface area contributed by atoms with Gasteiger partial charge in [0.1, 0.15) is 6.17 Å². The number of hydrogen-bond donors (Lipinski definition) is 4. The van der Waals surface area contributed by atoms with Crippen LogP contribution in [-0.4, -0.2) is 48.2 Å². The quantitative estimate of drug-likeness (QED) is 0.448. The molecule has 0 aliphatic carbocycles. The number of hydroxylamine groups is 1. The Morgan fingerprint density at radius 1 is 1.28 bits per heavy atom. The van der Waals surface area contributed by atoms with E-state index in [9.17, 15) is 19.2 Å². The van der Waals surface area contributed by atoms with Crippen LogP contribution in [0, 0.1) is 31.1 Å². The van der Waals surface area contributed by atoms with E-state index in [1.807, 2.05) is 32.1 Å². The molecule has 1 saturated heterocycles. The van der Waals surface area contributed by atoms with Gasteiger partial charge in [-0.25, -0.2) is 9.87 Å². The molecule has 29 heavy (non-hydrogen) atoms. The van der Waals surface area contributed by atoms with E-state index in [1.54, 1.807) is 5.48 Å². The van der Waals surface area contributed by atoms with E-state index in [4.69, 9.17) is 5.21 Å². The van der Waals surface area contributed by atoms with Gasteiger partial charge in [0.05, 0.1) is 29.6 Å². The van der Waals surface area contributed by atoms with Crippen LogP contribution in [0.3, 0.4) is 0 Å². The molecule has 1 aromatic rings. The van der Waals surface area contributed by atoms with Crippen molar-refractivity contribution in [2.24, 2.45) is 5.92 Å². The number of amides is 1. The summed E-state index contributed by atoms with van der Waals surface area (Å²) in [6.45, 7) is 4.25. The van der Waals surface area contributed by atoms with Gasteiger partial charge in [-0.3, -0.25) is 14.8 Å². The third kappa shape index (κ3) is 4.37. The molecular weight excluding hydrogens is 375 g/mol. The molecule has 3 rings (SSSR count). The summed E-state index contributed by atoms with van der Waals surface area (Å²) in [6.07, 6.45) is 1.07. The molecule has 7 nitrogen and oxygen atoms in total. The highest BCUT2D eigenvalue weighted by Gasteiger charge is 2.41. The van der Waals surface area contributed by atoms with Crippen molar-refractivity contribution in [1.82, 2.24) is 16.1 Å². The lowest BCUT2D eigenvalue weighted by molar-refractivity contribution is -0.140. The van der Waals surface area contributed by atoms with E-state index >= 15 is 0 Å². The number of aryl methyl sites for hydroxylation is 2. The first-order chi connectivity index (χ1) is 13.8. The Balaban J connectivity index is 1.79. The van der Waals surface area contributed by atoms with Gasteiger partial charge in [0.25, 0.3) is 0 Å². The summed E-state index contributed by atoms with van der Waals surface area (Å²) in [4.78, 5) is 25.1. The van der Waals surface area contributed by atoms with Crippen molar-refractivity contribution in [3.05, 3.63) is 40.5 Å². The maximum Gasteiger partial charge on any atom is 0.248 e. The van der Waals surface area contributed by atoms with Gasteiger partial charge in [0.15, 0.2) is 5.78 Å². The minimum absolute atomic E-state index is 0.00492. The third-order valence-electron chi connectivity index (χ3n) is 5.72. The normalized spacial score (nSPS) is 26.9. The Labute approximate surface area is 168 Å². The summed E-state index contributed by atoms with van der Waals surface area (Å²) >= 11 is 0. The molecule has 4 N–H and O–H groups in total. The standard InChI is InChI=1S/C21H25FN4O3/c1-11-5-14(6-12(2)17(11)9-23)13-3-4-24-18(7-13)20(27)19-16(21(28)26-29)8-15(22)10-25-19/h3,5-6,15-16,18-19,24-25,29H,4,7-8,10H2,1-2H3,(H,26,28)/t15-,16+,18?,19+/m1/s1. The summed E-state index contributed by atoms with van der Waals surface area (Å²) in [7, 11) is 0. The van der Waals surface area contributed by atoms with Crippen molar-refractivity contribution >= 4 is 17.3 Å². The number of Topliss-reactive ketones (excluding diaryl/α,β-unsaturated/α-hetero) is 1. The number of nitrogens with one attached hydrogen (secondary N) is 3. The fourth-order valence-electron chi connectivity index (χ4n) is 4.21. The van der Waals surface area contributed by atoms with E-state index in [0.717, 1.165) is 22.3 Å². The average Bonchev–Trinajstić information content (AvgIpc) is 2.72. The van der Waals surface area contributed by atoms with E-state index in [1.165, 1.54) is 0 Å². The van der Waals surface area contributed by atoms with Gasteiger partial charge in [0.2, 0.25) is 5.91 Å². The minimum atomic E-state index is -1.25. The summed E-state index contributed by atoms with van der Waals surface area (Å²) < 4.78 is 13.7. The number of rotatable bonds is 4. The van der Waals surface area contributed by atoms with E-state index in [2.05, 4.69) is 16.7 Å². The minimum Gasteiger partial charge on any atom is -0.304 e. The van der Waals surface area contributed by atoms with Gasteiger partial charge >= 0.3 is 0 Å². The summed E-state index contributed by atoms with van der Waals surface area (Å²) in [5.74, 6) is -1.95. The van der Waals surface area contributed by atoms with Crippen molar-refractivity contribution in [2.75, 3.05) is 13.1 Å². The number of benzene rings is 1. The van der Waals surface area contributed by atoms with E-state index in [0.29, 0.717) is 18.5 Å². The van der Waals surface area contributed by atoms with Crippen LogP contribution >= 0.6 is 0 Å². The number of ketones is 1. The molecule has 4 atom stereocenters. The van der Waals surface area contributed by atoms with Crippen molar-refractivity contribution in [1.29, 1.82) is 5.26 Å². The van der Waals surface area contributed by atoms with Gasteiger partial charge in [-0.15, -0.1) is 0 Å². The number of nitriles is 1. The molecule has 2 aliphatic rings. The summed E-state index contributed by atoms with van der Waals surface area (Å²) in [5, 5.41) is 24.2. The third-order valence-corrected chi connectivity index (χ3v) is 5.72. The number of piperidine rings is 1. The van der Waals surface area contributed by atoms with Crippen LogP contribution in [0.1, 0.15) is 35.1 Å². The zero-order chi connectivity index (χ0) is 21.1. The predicted octanol–water partition coefficient (Wildman–Crippen LogP) is 1.31. The molecule has 1 unspecified atom stereocenters. The molecule has 2 heterocycles. The fraction of sp³-hybridized carbons (Fsp3) is 0.476. The monoisotopic (exact) mass is 400 g/mol. The van der Waals surface area contributed by atoms with Gasteiger partial charge in [-0.1, -0.05) is 18.2 Å². The molecule has 0 radical (unpaired) electrons. The van der Waals surface area contributed by atoms with Crippen LogP contribution in [0.25, 0.3) is 5.57 Å². The SMILES string of the molecule is Cc1cc(C2=CCNC(C(=O)[C@H]3NC[C@H](F)C[C@@H]3C(=O)NO)C2)cc(C)c1C#N. The van der Waals surface area contributed by atoms with Crippen molar-refractivity contribution < 1.29 is 19.2 Å². The van der Waals surface area contributed by atoms with Crippen LogP contribution in [0.4, 0.5) is 4.39 Å². The molecule has 0 bridgehead atoms. The maximum absolute atomic E-state index is 13.7. The summed E-state index contributed by atoms with van der Waals surface area (Å²) in [5.41, 5.74) is 5.91. The van der Waals surface area contributed by atoms with E-state index < -0.39 is 30.1 Å². The van der Waals surface area contributed by atoms with Crippen LogP contribution < -0.4 is 16.1 Å². The molecule has 0 aromatic heterocycles. The molecule has 1 fully saturated rings. The lowest BCUT2D eigenvalue weighted by Gasteiger charge is -2.35. The van der Waals surface area contributed by atoms with Gasteiger partial charge in [-0.2, -0.15) is 5.26 Å². The smallest absolute Gasteiger partial charge is 0.248 e. The largest absolute Gasteiger partial charge is 0.304 e. The second-order valence-electron chi connectivity index (χ2n) is 7.69. The predicted molar refractivity (Wildman–Crippen MR) is 105 cm³/mol. The molecule has 0 spiro atoms. The fourth-order valence-corrected chi connectivity index (χ4v) is 4.21. The molecule has 0 saturated carbocycles. The van der Waals surface area contributed by atoms with Crippen molar-refractivity contribution in [3.63, 3.8) is 0 Å². The Morgan fingerprint density at radius 2 is 1.97 bits per heavy atom. The first-order valence-electron chi connectivity index (χ1n) is 9.65. The van der Waals surface area contributed by atoms with Crippen LogP contribution in [0.5, 0.6) is 0 Å². The maximum atomic E-state index is 13.7. The second-order valence-corrected chi connectivity index (χ2v) is 7.69. The first kappa shape index (κ1) is 21.1.